The fourth-order valence-electron chi connectivity index (χ4n) is 4.37. The quantitative estimate of drug-likeness (QED) is 0.405. The maximum atomic E-state index is 13.2. The van der Waals surface area contributed by atoms with Crippen LogP contribution in [0.25, 0.3) is 21.5 Å². The monoisotopic (exact) mass is 431 g/mol. The number of aryl methyl sites for hydroxylation is 4. The Hall–Kier alpha value is -3.12. The van der Waals surface area contributed by atoms with E-state index in [0.717, 1.165) is 75.5 Å². The maximum absolute atomic E-state index is 13.2. The van der Waals surface area contributed by atoms with Crippen molar-refractivity contribution in [2.24, 2.45) is 0 Å². The van der Waals surface area contributed by atoms with Crippen molar-refractivity contribution in [1.29, 1.82) is 0 Å². The minimum absolute atomic E-state index is 0.200. The molecule has 158 valence electrons. The van der Waals surface area contributed by atoms with E-state index in [0.29, 0.717) is 10.6 Å². The van der Waals surface area contributed by atoms with Crippen LogP contribution < -0.4 is 11.1 Å². The van der Waals surface area contributed by atoms with Gasteiger partial charge in [0.25, 0.3) is 5.91 Å². The lowest BCUT2D eigenvalue weighted by Crippen LogP contribution is -2.13. The molecular formula is C25H25N3O2S. The van der Waals surface area contributed by atoms with E-state index in [1.54, 1.807) is 0 Å². The summed E-state index contributed by atoms with van der Waals surface area (Å²) in [7, 11) is 0. The van der Waals surface area contributed by atoms with Crippen molar-refractivity contribution in [3.63, 3.8) is 0 Å². The predicted octanol–water partition coefficient (Wildman–Crippen LogP) is 6.19. The number of rotatable bonds is 3. The molecule has 6 heteroatoms. The second kappa shape index (κ2) is 7.54. The number of carbonyl (C=O) groups excluding carboxylic acids is 1. The molecule has 5 rings (SSSR count). The van der Waals surface area contributed by atoms with Crippen LogP contribution in [0, 0.1) is 20.8 Å². The summed E-state index contributed by atoms with van der Waals surface area (Å²) in [6.07, 6.45) is 4.15. The third-order valence-electron chi connectivity index (χ3n) is 5.99. The average Bonchev–Trinajstić information content (AvgIpc) is 3.32. The Morgan fingerprint density at radius 1 is 1.13 bits per heavy atom. The Morgan fingerprint density at radius 2 is 1.94 bits per heavy atom. The molecule has 0 aliphatic heterocycles. The van der Waals surface area contributed by atoms with Crippen LogP contribution in [-0.2, 0) is 12.8 Å². The molecule has 31 heavy (non-hydrogen) atoms. The lowest BCUT2D eigenvalue weighted by molar-refractivity contribution is 0.103. The molecule has 5 nitrogen and oxygen atoms in total. The first-order valence-electron chi connectivity index (χ1n) is 10.6. The second-order valence-corrected chi connectivity index (χ2v) is 9.33. The number of carbonyl (C=O) groups is 1. The molecule has 0 fully saturated rings. The van der Waals surface area contributed by atoms with Gasteiger partial charge in [0.1, 0.15) is 21.2 Å². The Labute approximate surface area is 185 Å². The number of anilines is 2. The van der Waals surface area contributed by atoms with Gasteiger partial charge in [-0.05, 0) is 81.3 Å². The summed E-state index contributed by atoms with van der Waals surface area (Å²) in [6.45, 7) is 5.93. The summed E-state index contributed by atoms with van der Waals surface area (Å²) in [6, 6.07) is 9.97. The zero-order chi connectivity index (χ0) is 21.7. The molecule has 1 aromatic carbocycles. The number of furan rings is 1. The van der Waals surface area contributed by atoms with Crippen LogP contribution in [-0.4, -0.2) is 10.9 Å². The lowest BCUT2D eigenvalue weighted by atomic mass is 9.89. The van der Waals surface area contributed by atoms with Gasteiger partial charge in [-0.3, -0.25) is 4.79 Å². The van der Waals surface area contributed by atoms with Gasteiger partial charge in [-0.15, -0.1) is 11.3 Å². The van der Waals surface area contributed by atoms with E-state index in [4.69, 9.17) is 15.1 Å². The van der Waals surface area contributed by atoms with Crippen molar-refractivity contribution in [3.05, 3.63) is 63.4 Å². The first-order chi connectivity index (χ1) is 14.9. The second-order valence-electron chi connectivity index (χ2n) is 8.33. The normalized spacial score (nSPS) is 13.4. The molecular weight excluding hydrogens is 406 g/mol. The number of nitrogens with two attached hydrogens (primary N) is 1. The Morgan fingerprint density at radius 3 is 2.71 bits per heavy atom. The van der Waals surface area contributed by atoms with E-state index in [1.807, 2.05) is 51.1 Å². The SMILES string of the molecule is Cc1ccc(C)c(NC(=O)c2sc3nc4c(c(-c5ccc(C)o5)c3c2N)CCCC4)c1. The number of amides is 1. The van der Waals surface area contributed by atoms with Crippen molar-refractivity contribution >= 4 is 38.8 Å². The van der Waals surface area contributed by atoms with Gasteiger partial charge in [0.15, 0.2) is 0 Å². The van der Waals surface area contributed by atoms with Crippen LogP contribution in [0.4, 0.5) is 11.4 Å². The molecule has 0 bridgehead atoms. The van der Waals surface area contributed by atoms with Crippen molar-refractivity contribution < 1.29 is 9.21 Å². The van der Waals surface area contributed by atoms with E-state index in [1.165, 1.54) is 16.9 Å². The summed E-state index contributed by atoms with van der Waals surface area (Å²) < 4.78 is 6.01. The van der Waals surface area contributed by atoms with E-state index in [-0.39, 0.29) is 5.91 Å². The first kappa shape index (κ1) is 19.8. The maximum Gasteiger partial charge on any atom is 0.267 e. The zero-order valence-electron chi connectivity index (χ0n) is 18.0. The summed E-state index contributed by atoms with van der Waals surface area (Å²) in [5, 5.41) is 3.88. The summed E-state index contributed by atoms with van der Waals surface area (Å²) in [4.78, 5) is 19.4. The molecule has 0 saturated carbocycles. The highest BCUT2D eigenvalue weighted by Crippen LogP contribution is 2.44. The molecule has 3 N–H and O–H groups in total. The molecule has 1 amide bonds. The zero-order valence-corrected chi connectivity index (χ0v) is 18.8. The summed E-state index contributed by atoms with van der Waals surface area (Å²) in [5.41, 5.74) is 13.3. The number of pyridine rings is 1. The van der Waals surface area contributed by atoms with Gasteiger partial charge >= 0.3 is 0 Å². The molecule has 1 aliphatic rings. The van der Waals surface area contributed by atoms with Gasteiger partial charge < -0.3 is 15.5 Å². The van der Waals surface area contributed by atoms with Crippen LogP contribution in [0.1, 0.15) is 50.7 Å². The largest absolute Gasteiger partial charge is 0.461 e. The van der Waals surface area contributed by atoms with Gasteiger partial charge in [0, 0.05) is 22.3 Å². The Balaban J connectivity index is 1.67. The highest BCUT2D eigenvalue weighted by atomic mass is 32.1. The number of nitrogens with one attached hydrogen (secondary N) is 1. The van der Waals surface area contributed by atoms with Crippen LogP contribution in [0.2, 0.25) is 0 Å². The van der Waals surface area contributed by atoms with Crippen molar-refractivity contribution in [2.45, 2.75) is 46.5 Å². The smallest absolute Gasteiger partial charge is 0.267 e. The van der Waals surface area contributed by atoms with Crippen molar-refractivity contribution in [3.8, 4) is 11.3 Å². The highest BCUT2D eigenvalue weighted by Gasteiger charge is 2.27. The molecule has 0 spiro atoms. The number of nitrogen functional groups attached to an aromatic ring is 1. The van der Waals surface area contributed by atoms with Crippen LogP contribution in [0.15, 0.2) is 34.7 Å². The minimum atomic E-state index is -0.200. The molecule has 1 aliphatic carbocycles. The highest BCUT2D eigenvalue weighted by molar-refractivity contribution is 7.21. The van der Waals surface area contributed by atoms with Gasteiger partial charge in [-0.2, -0.15) is 0 Å². The molecule has 0 radical (unpaired) electrons. The van der Waals surface area contributed by atoms with Crippen molar-refractivity contribution in [2.75, 3.05) is 11.1 Å². The van der Waals surface area contributed by atoms with Gasteiger partial charge in [0.2, 0.25) is 0 Å². The van der Waals surface area contributed by atoms with Crippen LogP contribution in [0.3, 0.4) is 0 Å². The number of hydrogen-bond acceptors (Lipinski definition) is 5. The Bertz CT molecular complexity index is 1330. The lowest BCUT2D eigenvalue weighted by Gasteiger charge is -2.18. The first-order valence-corrected chi connectivity index (χ1v) is 11.4. The number of fused-ring (bicyclic) bond motifs is 2. The molecule has 3 heterocycles. The topological polar surface area (TPSA) is 81.2 Å². The predicted molar refractivity (Wildman–Crippen MR) is 127 cm³/mol. The number of thiophene rings is 1. The number of hydrogen-bond donors (Lipinski definition) is 2. The van der Waals surface area contributed by atoms with Gasteiger partial charge in [-0.25, -0.2) is 4.98 Å². The van der Waals surface area contributed by atoms with Crippen molar-refractivity contribution in [1.82, 2.24) is 4.98 Å². The van der Waals surface area contributed by atoms with Gasteiger partial charge in [-0.1, -0.05) is 12.1 Å². The third kappa shape index (κ3) is 3.41. The van der Waals surface area contributed by atoms with E-state index in [9.17, 15) is 4.79 Å². The van der Waals surface area contributed by atoms with E-state index in [2.05, 4.69) is 5.32 Å². The number of aromatic nitrogens is 1. The number of benzene rings is 1. The van der Waals surface area contributed by atoms with E-state index < -0.39 is 0 Å². The van der Waals surface area contributed by atoms with E-state index >= 15 is 0 Å². The Kier molecular flexibility index (Phi) is 4.82. The average molecular weight is 432 g/mol. The van der Waals surface area contributed by atoms with Crippen LogP contribution >= 0.6 is 11.3 Å². The minimum Gasteiger partial charge on any atom is -0.461 e. The molecule has 0 atom stereocenters. The fourth-order valence-corrected chi connectivity index (χ4v) is 5.39. The molecule has 4 aromatic rings. The number of nitrogens with zero attached hydrogens (tertiary/aromatic N) is 1. The molecule has 0 unspecified atom stereocenters. The fraction of sp³-hybridized carbons (Fsp3) is 0.280. The molecule has 0 saturated heterocycles. The summed E-state index contributed by atoms with van der Waals surface area (Å²) >= 11 is 1.36. The van der Waals surface area contributed by atoms with Crippen LogP contribution in [0.5, 0.6) is 0 Å². The standard InChI is InChI=1S/C25H25N3O2S/c1-13-8-9-14(2)18(12-13)27-24(29)23-22(26)21-20(19-11-10-15(3)30-19)16-6-4-5-7-17(16)28-25(21)31-23/h8-12H,4-7,26H2,1-3H3,(H,27,29). The third-order valence-corrected chi connectivity index (χ3v) is 7.09. The summed E-state index contributed by atoms with van der Waals surface area (Å²) in [5.74, 6) is 1.45. The molecule has 3 aromatic heterocycles. The van der Waals surface area contributed by atoms with Gasteiger partial charge in [0.05, 0.1) is 5.69 Å².